The van der Waals surface area contributed by atoms with E-state index < -0.39 is 0 Å². The van der Waals surface area contributed by atoms with Gasteiger partial charge in [0.1, 0.15) is 0 Å². The SMILES string of the molecule is CCCN(C)CCC(C)(CO)NC1CC1. The van der Waals surface area contributed by atoms with E-state index in [1.807, 2.05) is 0 Å². The predicted molar refractivity (Wildman–Crippen MR) is 64.1 cm³/mol. The molecule has 90 valence electrons. The second-order valence-corrected chi connectivity index (χ2v) is 5.19. The van der Waals surface area contributed by atoms with Crippen molar-refractivity contribution in [2.45, 2.75) is 51.1 Å². The zero-order chi connectivity index (χ0) is 11.3. The van der Waals surface area contributed by atoms with Crippen LogP contribution in [0.15, 0.2) is 0 Å². The summed E-state index contributed by atoms with van der Waals surface area (Å²) in [5.41, 5.74) is -0.0802. The fourth-order valence-electron chi connectivity index (χ4n) is 1.85. The van der Waals surface area contributed by atoms with Gasteiger partial charge in [-0.05, 0) is 52.7 Å². The number of hydrogen-bond acceptors (Lipinski definition) is 3. The molecule has 0 amide bonds. The largest absolute Gasteiger partial charge is 0.394 e. The summed E-state index contributed by atoms with van der Waals surface area (Å²) in [6.45, 7) is 6.77. The third-order valence-corrected chi connectivity index (χ3v) is 3.13. The minimum Gasteiger partial charge on any atom is -0.394 e. The van der Waals surface area contributed by atoms with Gasteiger partial charge in [-0.3, -0.25) is 0 Å². The second-order valence-electron chi connectivity index (χ2n) is 5.19. The van der Waals surface area contributed by atoms with Crippen molar-refractivity contribution >= 4 is 0 Å². The zero-order valence-electron chi connectivity index (χ0n) is 10.4. The molecular weight excluding hydrogens is 188 g/mol. The van der Waals surface area contributed by atoms with Crippen LogP contribution in [0.4, 0.5) is 0 Å². The smallest absolute Gasteiger partial charge is 0.0611 e. The van der Waals surface area contributed by atoms with Crippen molar-refractivity contribution < 1.29 is 5.11 Å². The standard InChI is InChI=1S/C12H26N2O/c1-4-8-14(3)9-7-12(2,10-15)13-11-5-6-11/h11,13,15H,4-10H2,1-3H3. The first-order chi connectivity index (χ1) is 7.09. The molecule has 15 heavy (non-hydrogen) atoms. The van der Waals surface area contributed by atoms with Crippen LogP contribution in [0.1, 0.15) is 39.5 Å². The van der Waals surface area contributed by atoms with Crippen molar-refractivity contribution in [1.82, 2.24) is 10.2 Å². The van der Waals surface area contributed by atoms with Crippen LogP contribution in [0, 0.1) is 0 Å². The highest BCUT2D eigenvalue weighted by Crippen LogP contribution is 2.23. The third-order valence-electron chi connectivity index (χ3n) is 3.13. The quantitative estimate of drug-likeness (QED) is 0.638. The molecule has 1 unspecified atom stereocenters. The number of hydrogen-bond donors (Lipinski definition) is 2. The van der Waals surface area contributed by atoms with Gasteiger partial charge >= 0.3 is 0 Å². The van der Waals surface area contributed by atoms with Gasteiger partial charge in [0.2, 0.25) is 0 Å². The summed E-state index contributed by atoms with van der Waals surface area (Å²) in [5.74, 6) is 0. The maximum absolute atomic E-state index is 9.42. The maximum Gasteiger partial charge on any atom is 0.0611 e. The van der Waals surface area contributed by atoms with E-state index in [2.05, 4.69) is 31.1 Å². The molecule has 0 saturated heterocycles. The van der Waals surface area contributed by atoms with Crippen LogP contribution >= 0.6 is 0 Å². The summed E-state index contributed by atoms with van der Waals surface area (Å²) in [7, 11) is 2.15. The Balaban J connectivity index is 2.24. The Hall–Kier alpha value is -0.120. The highest BCUT2D eigenvalue weighted by molar-refractivity contribution is 4.92. The van der Waals surface area contributed by atoms with Gasteiger partial charge in [0.05, 0.1) is 6.61 Å². The van der Waals surface area contributed by atoms with Gasteiger partial charge in [0.25, 0.3) is 0 Å². The minimum atomic E-state index is -0.0802. The summed E-state index contributed by atoms with van der Waals surface area (Å²) < 4.78 is 0. The maximum atomic E-state index is 9.42. The van der Waals surface area contributed by atoms with E-state index in [1.165, 1.54) is 19.3 Å². The monoisotopic (exact) mass is 214 g/mol. The Morgan fingerprint density at radius 1 is 1.40 bits per heavy atom. The van der Waals surface area contributed by atoms with Gasteiger partial charge in [-0.25, -0.2) is 0 Å². The Morgan fingerprint density at radius 2 is 2.07 bits per heavy atom. The van der Waals surface area contributed by atoms with E-state index in [9.17, 15) is 5.11 Å². The average molecular weight is 214 g/mol. The van der Waals surface area contributed by atoms with Gasteiger partial charge in [-0.15, -0.1) is 0 Å². The van der Waals surface area contributed by atoms with E-state index in [0.29, 0.717) is 6.04 Å². The molecule has 0 aromatic carbocycles. The fourth-order valence-corrected chi connectivity index (χ4v) is 1.85. The van der Waals surface area contributed by atoms with Crippen LogP contribution in [0.3, 0.4) is 0 Å². The zero-order valence-corrected chi connectivity index (χ0v) is 10.4. The van der Waals surface area contributed by atoms with Crippen LogP contribution in [0.25, 0.3) is 0 Å². The molecule has 0 bridgehead atoms. The summed E-state index contributed by atoms with van der Waals surface area (Å²) in [4.78, 5) is 2.34. The average Bonchev–Trinajstić information content (AvgIpc) is 2.99. The second kappa shape index (κ2) is 5.83. The molecule has 0 radical (unpaired) electrons. The van der Waals surface area contributed by atoms with Crippen molar-refractivity contribution in [2.75, 3.05) is 26.7 Å². The van der Waals surface area contributed by atoms with Crippen LogP contribution < -0.4 is 5.32 Å². The molecule has 1 aliphatic rings. The molecule has 1 saturated carbocycles. The third kappa shape index (κ3) is 4.96. The van der Waals surface area contributed by atoms with Crippen LogP contribution in [0.5, 0.6) is 0 Å². The summed E-state index contributed by atoms with van der Waals surface area (Å²) in [5, 5.41) is 13.0. The molecule has 3 heteroatoms. The number of rotatable bonds is 8. The minimum absolute atomic E-state index is 0.0802. The molecule has 0 heterocycles. The lowest BCUT2D eigenvalue weighted by molar-refractivity contribution is 0.149. The molecule has 0 aromatic heterocycles. The Kier molecular flexibility index (Phi) is 5.03. The molecule has 3 nitrogen and oxygen atoms in total. The van der Waals surface area contributed by atoms with Crippen LogP contribution in [0.2, 0.25) is 0 Å². The summed E-state index contributed by atoms with van der Waals surface area (Å²) >= 11 is 0. The molecule has 1 fully saturated rings. The molecule has 1 rings (SSSR count). The predicted octanol–water partition coefficient (Wildman–Crippen LogP) is 1.22. The van der Waals surface area contributed by atoms with Crippen molar-refractivity contribution in [2.24, 2.45) is 0 Å². The van der Waals surface area contributed by atoms with E-state index in [-0.39, 0.29) is 12.1 Å². The van der Waals surface area contributed by atoms with Gasteiger partial charge in [-0.1, -0.05) is 6.92 Å². The van der Waals surface area contributed by atoms with Gasteiger partial charge in [-0.2, -0.15) is 0 Å². The van der Waals surface area contributed by atoms with Crippen molar-refractivity contribution in [1.29, 1.82) is 0 Å². The first-order valence-electron chi connectivity index (χ1n) is 6.17. The van der Waals surface area contributed by atoms with Gasteiger partial charge < -0.3 is 15.3 Å². The van der Waals surface area contributed by atoms with Crippen LogP contribution in [-0.2, 0) is 0 Å². The lowest BCUT2D eigenvalue weighted by atomic mass is 9.98. The highest BCUT2D eigenvalue weighted by Gasteiger charge is 2.31. The normalized spacial score (nSPS) is 20.6. The molecule has 2 N–H and O–H groups in total. The van der Waals surface area contributed by atoms with Gasteiger partial charge in [0, 0.05) is 11.6 Å². The highest BCUT2D eigenvalue weighted by atomic mass is 16.3. The van der Waals surface area contributed by atoms with E-state index in [4.69, 9.17) is 0 Å². The van der Waals surface area contributed by atoms with E-state index in [1.54, 1.807) is 0 Å². The molecule has 1 atom stereocenters. The Bertz CT molecular complexity index is 182. The molecule has 0 spiro atoms. The van der Waals surface area contributed by atoms with Crippen molar-refractivity contribution in [3.05, 3.63) is 0 Å². The number of nitrogens with one attached hydrogen (secondary N) is 1. The number of aliphatic hydroxyl groups excluding tert-OH is 1. The number of nitrogens with zero attached hydrogens (tertiary/aromatic N) is 1. The summed E-state index contributed by atoms with van der Waals surface area (Å²) in [6, 6.07) is 0.665. The number of aliphatic hydroxyl groups is 1. The Morgan fingerprint density at radius 3 is 2.53 bits per heavy atom. The van der Waals surface area contributed by atoms with E-state index >= 15 is 0 Å². The first kappa shape index (κ1) is 12.9. The Labute approximate surface area is 93.9 Å². The van der Waals surface area contributed by atoms with E-state index in [0.717, 1.165) is 19.5 Å². The first-order valence-corrected chi connectivity index (χ1v) is 6.17. The fraction of sp³-hybridized carbons (Fsp3) is 1.00. The molecule has 0 aliphatic heterocycles. The lowest BCUT2D eigenvalue weighted by Gasteiger charge is -2.31. The lowest BCUT2D eigenvalue weighted by Crippen LogP contribution is -2.48. The van der Waals surface area contributed by atoms with Crippen molar-refractivity contribution in [3.8, 4) is 0 Å². The molecule has 1 aliphatic carbocycles. The van der Waals surface area contributed by atoms with Crippen LogP contribution in [-0.4, -0.2) is 48.3 Å². The summed E-state index contributed by atoms with van der Waals surface area (Å²) in [6.07, 6.45) is 4.78. The molecular formula is C12H26N2O. The van der Waals surface area contributed by atoms with Gasteiger partial charge in [0.15, 0.2) is 0 Å². The molecule has 0 aromatic rings. The van der Waals surface area contributed by atoms with Crippen molar-refractivity contribution in [3.63, 3.8) is 0 Å². The topological polar surface area (TPSA) is 35.5 Å².